The largest absolute Gasteiger partial charge is 0.370 e. The molecule has 0 amide bonds. The number of aryl methyl sites for hydroxylation is 1. The molecule has 4 heteroatoms. The van der Waals surface area contributed by atoms with Gasteiger partial charge in [-0.25, -0.2) is 9.37 Å². The number of pyridine rings is 1. The van der Waals surface area contributed by atoms with Crippen molar-refractivity contribution in [2.24, 2.45) is 0 Å². The highest BCUT2D eigenvalue weighted by molar-refractivity contribution is 5.65. The van der Waals surface area contributed by atoms with Crippen molar-refractivity contribution in [3.63, 3.8) is 0 Å². The molecule has 0 spiro atoms. The first-order valence-electron chi connectivity index (χ1n) is 6.42. The van der Waals surface area contributed by atoms with Crippen molar-refractivity contribution in [2.75, 3.05) is 17.2 Å². The number of halogens is 1. The molecule has 3 nitrogen and oxygen atoms in total. The second-order valence-corrected chi connectivity index (χ2v) is 4.44. The van der Waals surface area contributed by atoms with Gasteiger partial charge < -0.3 is 10.6 Å². The highest BCUT2D eigenvalue weighted by Gasteiger charge is 2.02. The number of benzene rings is 1. The molecule has 0 aliphatic carbocycles. The molecule has 19 heavy (non-hydrogen) atoms. The third-order valence-electron chi connectivity index (χ3n) is 2.78. The normalized spacial score (nSPS) is 10.3. The Bertz CT molecular complexity index is 555. The Balaban J connectivity index is 2.14. The molecule has 1 aromatic carbocycles. The summed E-state index contributed by atoms with van der Waals surface area (Å²) in [6.07, 6.45) is 2.80. The first-order chi connectivity index (χ1) is 9.19. The lowest BCUT2D eigenvalue weighted by Crippen LogP contribution is -2.02. The van der Waals surface area contributed by atoms with Crippen LogP contribution in [0.5, 0.6) is 0 Å². The fourth-order valence-corrected chi connectivity index (χ4v) is 1.78. The molecule has 0 aliphatic heterocycles. The topological polar surface area (TPSA) is 37.0 Å². The van der Waals surface area contributed by atoms with Crippen molar-refractivity contribution in [3.05, 3.63) is 47.9 Å². The first kappa shape index (κ1) is 13.3. The third kappa shape index (κ3) is 3.68. The van der Waals surface area contributed by atoms with Crippen LogP contribution in [0, 0.1) is 12.7 Å². The van der Waals surface area contributed by atoms with Crippen LogP contribution < -0.4 is 10.6 Å². The molecule has 0 radical (unpaired) electrons. The van der Waals surface area contributed by atoms with E-state index in [1.807, 2.05) is 19.1 Å². The summed E-state index contributed by atoms with van der Waals surface area (Å²) in [5.74, 6) is 0.620. The van der Waals surface area contributed by atoms with Gasteiger partial charge in [0, 0.05) is 30.2 Å². The van der Waals surface area contributed by atoms with E-state index in [4.69, 9.17) is 0 Å². The second kappa shape index (κ2) is 6.18. The van der Waals surface area contributed by atoms with Gasteiger partial charge in [0.15, 0.2) is 0 Å². The summed E-state index contributed by atoms with van der Waals surface area (Å²) in [5.41, 5.74) is 2.71. The lowest BCUT2D eigenvalue weighted by atomic mass is 10.2. The van der Waals surface area contributed by atoms with Crippen molar-refractivity contribution >= 4 is 17.2 Å². The third-order valence-corrected chi connectivity index (χ3v) is 2.78. The van der Waals surface area contributed by atoms with Gasteiger partial charge in [0.1, 0.15) is 11.6 Å². The van der Waals surface area contributed by atoms with Crippen LogP contribution in [0.2, 0.25) is 0 Å². The van der Waals surface area contributed by atoms with Gasteiger partial charge in [0.05, 0.1) is 0 Å². The molecule has 0 bridgehead atoms. The van der Waals surface area contributed by atoms with Crippen molar-refractivity contribution in [1.82, 2.24) is 4.98 Å². The number of anilines is 3. The Labute approximate surface area is 112 Å². The Morgan fingerprint density at radius 3 is 2.79 bits per heavy atom. The predicted octanol–water partition coefficient (Wildman–Crippen LogP) is 4.09. The van der Waals surface area contributed by atoms with Crippen LogP contribution in [0.3, 0.4) is 0 Å². The molecule has 1 aromatic heterocycles. The average molecular weight is 259 g/mol. The van der Waals surface area contributed by atoms with E-state index in [0.29, 0.717) is 0 Å². The highest BCUT2D eigenvalue weighted by atomic mass is 19.1. The Morgan fingerprint density at radius 1 is 1.21 bits per heavy atom. The van der Waals surface area contributed by atoms with Gasteiger partial charge in [-0.1, -0.05) is 6.92 Å². The number of rotatable bonds is 5. The number of aromatic nitrogens is 1. The Morgan fingerprint density at radius 2 is 2.05 bits per heavy atom. The maximum Gasteiger partial charge on any atom is 0.127 e. The van der Waals surface area contributed by atoms with E-state index >= 15 is 0 Å². The summed E-state index contributed by atoms with van der Waals surface area (Å²) >= 11 is 0. The minimum atomic E-state index is -0.219. The van der Waals surface area contributed by atoms with E-state index in [-0.39, 0.29) is 5.82 Å². The molecule has 0 saturated carbocycles. The Hall–Kier alpha value is -2.10. The SMILES string of the molecule is CCCNc1cc(Nc2ccc(F)cc2C)ccn1. The fraction of sp³-hybridized carbons (Fsp3) is 0.267. The smallest absolute Gasteiger partial charge is 0.127 e. The highest BCUT2D eigenvalue weighted by Crippen LogP contribution is 2.22. The number of nitrogens with one attached hydrogen (secondary N) is 2. The standard InChI is InChI=1S/C15H18FN3/c1-3-7-17-15-10-13(6-8-18-15)19-14-5-4-12(16)9-11(14)2/h4-6,8-10H,3,7H2,1-2H3,(H2,17,18,19). The number of hydrogen-bond donors (Lipinski definition) is 2. The van der Waals surface area contributed by atoms with Crippen LogP contribution in [0.1, 0.15) is 18.9 Å². The van der Waals surface area contributed by atoms with Crippen molar-refractivity contribution < 1.29 is 4.39 Å². The zero-order valence-corrected chi connectivity index (χ0v) is 11.2. The molecular weight excluding hydrogens is 241 g/mol. The Kier molecular flexibility index (Phi) is 4.34. The maximum absolute atomic E-state index is 13.0. The summed E-state index contributed by atoms with van der Waals surface area (Å²) < 4.78 is 13.0. The first-order valence-corrected chi connectivity index (χ1v) is 6.42. The minimum absolute atomic E-state index is 0.219. The molecular formula is C15H18FN3. The van der Waals surface area contributed by atoms with Crippen molar-refractivity contribution in [2.45, 2.75) is 20.3 Å². The van der Waals surface area contributed by atoms with Gasteiger partial charge in [0.25, 0.3) is 0 Å². The van der Waals surface area contributed by atoms with Crippen LogP contribution in [-0.4, -0.2) is 11.5 Å². The van der Waals surface area contributed by atoms with E-state index in [1.54, 1.807) is 12.3 Å². The van der Waals surface area contributed by atoms with E-state index in [1.165, 1.54) is 12.1 Å². The van der Waals surface area contributed by atoms with Crippen LogP contribution in [-0.2, 0) is 0 Å². The molecule has 0 fully saturated rings. The molecule has 2 aromatic rings. The molecule has 0 unspecified atom stereocenters. The lowest BCUT2D eigenvalue weighted by Gasteiger charge is -2.11. The molecule has 0 aliphatic rings. The molecule has 0 saturated heterocycles. The summed E-state index contributed by atoms with van der Waals surface area (Å²) in [6.45, 7) is 4.88. The predicted molar refractivity (Wildman–Crippen MR) is 77.4 cm³/mol. The summed E-state index contributed by atoms with van der Waals surface area (Å²) in [7, 11) is 0. The average Bonchev–Trinajstić information content (AvgIpc) is 2.40. The van der Waals surface area contributed by atoms with Crippen molar-refractivity contribution in [1.29, 1.82) is 0 Å². The van der Waals surface area contributed by atoms with Gasteiger partial charge >= 0.3 is 0 Å². The van der Waals surface area contributed by atoms with Crippen LogP contribution >= 0.6 is 0 Å². The minimum Gasteiger partial charge on any atom is -0.370 e. The number of hydrogen-bond acceptors (Lipinski definition) is 3. The van der Waals surface area contributed by atoms with Gasteiger partial charge in [-0.05, 0) is 43.2 Å². The zero-order valence-electron chi connectivity index (χ0n) is 11.2. The molecule has 1 heterocycles. The van der Waals surface area contributed by atoms with Crippen LogP contribution in [0.25, 0.3) is 0 Å². The number of nitrogens with zero attached hydrogens (tertiary/aromatic N) is 1. The fourth-order valence-electron chi connectivity index (χ4n) is 1.78. The van der Waals surface area contributed by atoms with E-state index in [2.05, 4.69) is 22.5 Å². The van der Waals surface area contributed by atoms with E-state index in [0.717, 1.165) is 35.7 Å². The van der Waals surface area contributed by atoms with Gasteiger partial charge in [-0.2, -0.15) is 0 Å². The summed E-state index contributed by atoms with van der Waals surface area (Å²) in [5, 5.41) is 6.50. The molecule has 100 valence electrons. The van der Waals surface area contributed by atoms with Gasteiger partial charge in [-0.3, -0.25) is 0 Å². The monoisotopic (exact) mass is 259 g/mol. The van der Waals surface area contributed by atoms with Crippen molar-refractivity contribution in [3.8, 4) is 0 Å². The lowest BCUT2D eigenvalue weighted by molar-refractivity contribution is 0.627. The van der Waals surface area contributed by atoms with Gasteiger partial charge in [-0.15, -0.1) is 0 Å². The molecule has 0 atom stereocenters. The van der Waals surface area contributed by atoms with Crippen LogP contribution in [0.15, 0.2) is 36.5 Å². The van der Waals surface area contributed by atoms with E-state index < -0.39 is 0 Å². The van der Waals surface area contributed by atoms with E-state index in [9.17, 15) is 4.39 Å². The summed E-state index contributed by atoms with van der Waals surface area (Å²) in [6, 6.07) is 8.54. The zero-order chi connectivity index (χ0) is 13.7. The van der Waals surface area contributed by atoms with Gasteiger partial charge in [0.2, 0.25) is 0 Å². The summed E-state index contributed by atoms with van der Waals surface area (Å²) in [4.78, 5) is 4.24. The quantitative estimate of drug-likeness (QED) is 0.849. The molecule has 2 N–H and O–H groups in total. The second-order valence-electron chi connectivity index (χ2n) is 4.44. The maximum atomic E-state index is 13.0. The molecule has 2 rings (SSSR count). The van der Waals surface area contributed by atoms with Crippen LogP contribution in [0.4, 0.5) is 21.6 Å².